The summed E-state index contributed by atoms with van der Waals surface area (Å²) in [6.07, 6.45) is 1.85. The van der Waals surface area contributed by atoms with Crippen LogP contribution in [0.5, 0.6) is 0 Å². The van der Waals surface area contributed by atoms with Gasteiger partial charge in [0, 0.05) is 0 Å². The summed E-state index contributed by atoms with van der Waals surface area (Å²) in [6.45, 7) is 0.522. The van der Waals surface area contributed by atoms with Gasteiger partial charge >= 0.3 is 19.1 Å². The Morgan fingerprint density at radius 2 is 1.45 bits per heavy atom. The first-order valence-corrected chi connectivity index (χ1v) is 9.41. The highest BCUT2D eigenvalue weighted by molar-refractivity contribution is 6.51. The van der Waals surface area contributed by atoms with Gasteiger partial charge in [-0.1, -0.05) is 48.5 Å². The van der Waals surface area contributed by atoms with Gasteiger partial charge in [-0.3, -0.25) is 19.3 Å². The van der Waals surface area contributed by atoms with Crippen LogP contribution in [0, 0.1) is 0 Å². The van der Waals surface area contributed by atoms with Crippen LogP contribution in [0.4, 0.5) is 5.69 Å². The monoisotopic (exact) mass is 392 g/mol. The SMILES string of the molecule is CN1CC(=O)OB(C2C=C(c3ccccc3)CN(c3ccccc3)O2)OC(=O)C1. The first-order chi connectivity index (χ1) is 14.1. The van der Waals surface area contributed by atoms with Gasteiger partial charge in [0.05, 0.1) is 25.3 Å². The largest absolute Gasteiger partial charge is 0.636 e. The molecule has 7 nitrogen and oxygen atoms in total. The lowest BCUT2D eigenvalue weighted by Gasteiger charge is -2.35. The minimum Gasteiger partial charge on any atom is -0.496 e. The standard InChI is InChI=1S/C21H21BN2O5/c1-23-14-20(25)27-22(28-21(26)15-23)19-12-17(16-8-4-2-5-9-16)13-24(29-19)18-10-6-3-7-11-18/h2-12,19H,13-15H2,1H3. The third kappa shape index (κ3) is 4.67. The van der Waals surface area contributed by atoms with Crippen LogP contribution in [-0.2, 0) is 23.7 Å². The molecule has 0 spiro atoms. The van der Waals surface area contributed by atoms with Crippen LogP contribution in [0.15, 0.2) is 66.7 Å². The Kier molecular flexibility index (Phi) is 5.64. The van der Waals surface area contributed by atoms with Crippen molar-refractivity contribution in [1.82, 2.24) is 4.90 Å². The Balaban J connectivity index is 1.66. The van der Waals surface area contributed by atoms with Gasteiger partial charge in [-0.15, -0.1) is 0 Å². The van der Waals surface area contributed by atoms with Crippen molar-refractivity contribution in [3.8, 4) is 0 Å². The first-order valence-electron chi connectivity index (χ1n) is 9.41. The normalized spacial score (nSPS) is 21.0. The molecule has 148 valence electrons. The molecule has 0 aliphatic carbocycles. The molecule has 4 rings (SSSR count). The van der Waals surface area contributed by atoms with Gasteiger partial charge in [-0.2, -0.15) is 0 Å². The van der Waals surface area contributed by atoms with Crippen LogP contribution in [0.25, 0.3) is 5.57 Å². The van der Waals surface area contributed by atoms with Gasteiger partial charge in [-0.25, -0.2) is 5.06 Å². The average Bonchev–Trinajstić information content (AvgIpc) is 2.73. The second-order valence-electron chi connectivity index (χ2n) is 7.02. The van der Waals surface area contributed by atoms with Crippen LogP contribution in [0.1, 0.15) is 5.56 Å². The molecule has 2 heterocycles. The molecule has 0 saturated carbocycles. The zero-order valence-electron chi connectivity index (χ0n) is 16.1. The van der Waals surface area contributed by atoms with Gasteiger partial charge in [0.25, 0.3) is 0 Å². The number of benzene rings is 2. The van der Waals surface area contributed by atoms with E-state index in [0.717, 1.165) is 16.8 Å². The van der Waals surface area contributed by atoms with Gasteiger partial charge in [0.15, 0.2) is 6.00 Å². The lowest BCUT2D eigenvalue weighted by atomic mass is 9.78. The molecular formula is C21H21BN2O5. The highest BCUT2D eigenvalue weighted by Gasteiger charge is 2.43. The zero-order valence-corrected chi connectivity index (χ0v) is 16.1. The maximum absolute atomic E-state index is 12.2. The van der Waals surface area contributed by atoms with Gasteiger partial charge in [-0.05, 0) is 36.4 Å². The summed E-state index contributed by atoms with van der Waals surface area (Å²) in [6, 6.07) is 18.7. The topological polar surface area (TPSA) is 68.3 Å². The molecule has 29 heavy (non-hydrogen) atoms. The van der Waals surface area contributed by atoms with Crippen molar-refractivity contribution in [2.75, 3.05) is 31.7 Å². The molecule has 0 aromatic heterocycles. The zero-order chi connectivity index (χ0) is 20.2. The Morgan fingerprint density at radius 3 is 2.07 bits per heavy atom. The van der Waals surface area contributed by atoms with Crippen LogP contribution in [0.3, 0.4) is 0 Å². The van der Waals surface area contributed by atoms with Crippen molar-refractivity contribution < 1.29 is 23.7 Å². The van der Waals surface area contributed by atoms with Crippen molar-refractivity contribution >= 4 is 30.3 Å². The predicted molar refractivity (Wildman–Crippen MR) is 109 cm³/mol. The predicted octanol–water partition coefficient (Wildman–Crippen LogP) is 1.95. The summed E-state index contributed by atoms with van der Waals surface area (Å²) in [5.41, 5.74) is 2.85. The summed E-state index contributed by atoms with van der Waals surface area (Å²) in [4.78, 5) is 31.9. The van der Waals surface area contributed by atoms with Crippen LogP contribution in [0.2, 0.25) is 0 Å². The fourth-order valence-electron chi connectivity index (χ4n) is 3.32. The quantitative estimate of drug-likeness (QED) is 0.740. The number of rotatable bonds is 3. The van der Waals surface area contributed by atoms with E-state index in [1.54, 1.807) is 17.0 Å². The number of carbonyl (C=O) groups is 2. The van der Waals surface area contributed by atoms with E-state index in [4.69, 9.17) is 14.1 Å². The fourth-order valence-corrected chi connectivity index (χ4v) is 3.32. The highest BCUT2D eigenvalue weighted by Crippen LogP contribution is 2.28. The molecule has 0 amide bonds. The molecule has 2 aromatic carbocycles. The van der Waals surface area contributed by atoms with E-state index < -0.39 is 25.1 Å². The van der Waals surface area contributed by atoms with E-state index in [-0.39, 0.29) is 13.1 Å². The van der Waals surface area contributed by atoms with Crippen molar-refractivity contribution in [3.63, 3.8) is 0 Å². The number of likely N-dealkylation sites (N-methyl/N-ethyl adjacent to an activating group) is 1. The lowest BCUT2D eigenvalue weighted by molar-refractivity contribution is -0.147. The van der Waals surface area contributed by atoms with Crippen LogP contribution in [-0.4, -0.2) is 56.6 Å². The van der Waals surface area contributed by atoms with E-state index in [0.29, 0.717) is 6.54 Å². The van der Waals surface area contributed by atoms with Crippen molar-refractivity contribution in [2.45, 2.75) is 6.00 Å². The fraction of sp³-hybridized carbons (Fsp3) is 0.238. The second-order valence-corrected chi connectivity index (χ2v) is 7.02. The number of para-hydroxylation sites is 1. The highest BCUT2D eigenvalue weighted by atomic mass is 16.7. The Bertz CT molecular complexity index is 886. The number of nitrogens with zero attached hydrogens (tertiary/aromatic N) is 2. The summed E-state index contributed by atoms with van der Waals surface area (Å²) in [5, 5.41) is 1.72. The molecule has 2 aliphatic heterocycles. The summed E-state index contributed by atoms with van der Waals surface area (Å²) >= 11 is 0. The van der Waals surface area contributed by atoms with Gasteiger partial charge in [0.1, 0.15) is 0 Å². The molecule has 2 aliphatic rings. The summed E-state index contributed by atoms with van der Waals surface area (Å²) in [5.74, 6) is -0.944. The Labute approximate surface area is 169 Å². The second kappa shape index (κ2) is 8.51. The smallest absolute Gasteiger partial charge is 0.496 e. The maximum Gasteiger partial charge on any atom is 0.636 e. The maximum atomic E-state index is 12.2. The molecule has 1 atom stereocenters. The number of hydrogen-bond donors (Lipinski definition) is 0. The van der Waals surface area contributed by atoms with Crippen molar-refractivity contribution in [2.24, 2.45) is 0 Å². The average molecular weight is 392 g/mol. The minimum atomic E-state index is -1.16. The number of carbonyl (C=O) groups excluding carboxylic acids is 2. The van der Waals surface area contributed by atoms with Gasteiger partial charge < -0.3 is 9.31 Å². The van der Waals surface area contributed by atoms with Crippen LogP contribution < -0.4 is 5.06 Å². The number of hydrogen-bond acceptors (Lipinski definition) is 7. The summed E-state index contributed by atoms with van der Waals surface area (Å²) < 4.78 is 10.8. The van der Waals surface area contributed by atoms with E-state index in [1.165, 1.54) is 0 Å². The van der Waals surface area contributed by atoms with E-state index >= 15 is 0 Å². The number of anilines is 1. The van der Waals surface area contributed by atoms with Crippen molar-refractivity contribution in [1.29, 1.82) is 0 Å². The Morgan fingerprint density at radius 1 is 0.862 bits per heavy atom. The molecule has 2 aromatic rings. The van der Waals surface area contributed by atoms with E-state index in [2.05, 4.69) is 0 Å². The van der Waals surface area contributed by atoms with E-state index in [9.17, 15) is 9.59 Å². The minimum absolute atomic E-state index is 0.00990. The number of hydroxylamine groups is 1. The third-order valence-electron chi connectivity index (χ3n) is 4.68. The molecule has 1 fully saturated rings. The van der Waals surface area contributed by atoms with Crippen LogP contribution >= 0.6 is 0 Å². The molecule has 0 radical (unpaired) electrons. The first kappa shape index (κ1) is 19.2. The Hall–Kier alpha value is -3.10. The van der Waals surface area contributed by atoms with Crippen molar-refractivity contribution in [3.05, 3.63) is 72.3 Å². The molecule has 0 N–H and O–H groups in total. The molecular weight excluding hydrogens is 371 g/mol. The summed E-state index contributed by atoms with van der Waals surface area (Å²) in [7, 11) is 0.499. The molecule has 1 unspecified atom stereocenters. The van der Waals surface area contributed by atoms with E-state index in [1.807, 2.05) is 66.7 Å². The lowest BCUT2D eigenvalue weighted by Crippen LogP contribution is -2.51. The molecule has 0 bridgehead atoms. The van der Waals surface area contributed by atoms with Gasteiger partial charge in [0.2, 0.25) is 0 Å². The third-order valence-corrected chi connectivity index (χ3v) is 4.68. The molecule has 1 saturated heterocycles. The molecule has 8 heteroatoms.